The van der Waals surface area contributed by atoms with Crippen molar-refractivity contribution in [3.05, 3.63) is 51.8 Å². The first kappa shape index (κ1) is 18.0. The van der Waals surface area contributed by atoms with E-state index in [-0.39, 0.29) is 5.91 Å². The number of hydrogen-bond acceptors (Lipinski definition) is 5. The molecule has 1 fully saturated rings. The van der Waals surface area contributed by atoms with Crippen LogP contribution in [0, 0.1) is 6.92 Å². The number of amides is 1. The second-order valence-electron chi connectivity index (χ2n) is 6.50. The summed E-state index contributed by atoms with van der Waals surface area (Å²) in [4.78, 5) is 16.6. The summed E-state index contributed by atoms with van der Waals surface area (Å²) in [5.41, 5.74) is 1.60. The molecule has 3 aromatic rings. The van der Waals surface area contributed by atoms with Crippen LogP contribution in [0.2, 0.25) is 10.0 Å². The number of carbonyl (C=O) groups is 1. The molecule has 9 heteroatoms. The lowest BCUT2D eigenvalue weighted by molar-refractivity contribution is -0.130. The number of carbonyl (C=O) groups excluding carboxylic acids is 1. The Morgan fingerprint density at radius 2 is 1.81 bits per heavy atom. The fourth-order valence-electron chi connectivity index (χ4n) is 3.18. The van der Waals surface area contributed by atoms with Crippen LogP contribution in [0.15, 0.2) is 30.3 Å². The molecule has 0 unspecified atom stereocenters. The Morgan fingerprint density at radius 3 is 2.56 bits per heavy atom. The maximum atomic E-state index is 12.6. The van der Waals surface area contributed by atoms with E-state index in [0.717, 1.165) is 35.9 Å². The molecule has 4 rings (SSSR count). The SMILES string of the molecule is Cc1nnc2ccc(N3CCN(C(=O)Cc4ccc(Cl)c(Cl)c4)CC3)nn12. The molecule has 0 radical (unpaired) electrons. The summed E-state index contributed by atoms with van der Waals surface area (Å²) in [6.07, 6.45) is 0.320. The number of aryl methyl sites for hydroxylation is 1. The molecule has 2 aromatic heterocycles. The lowest BCUT2D eigenvalue weighted by Crippen LogP contribution is -2.49. The average molecular weight is 405 g/mol. The standard InChI is InChI=1S/C18H18Cl2N6O/c1-12-21-22-16-4-5-17(23-26(12)16)24-6-8-25(9-7-24)18(27)11-13-2-3-14(19)15(20)10-13/h2-5,10H,6-9,11H2,1H3. The van der Waals surface area contributed by atoms with Gasteiger partial charge in [0.2, 0.25) is 5.91 Å². The molecule has 1 aliphatic rings. The normalized spacial score (nSPS) is 14.8. The quantitative estimate of drug-likeness (QED) is 0.670. The van der Waals surface area contributed by atoms with Gasteiger partial charge in [0, 0.05) is 26.2 Å². The predicted molar refractivity (Wildman–Crippen MR) is 104 cm³/mol. The van der Waals surface area contributed by atoms with Crippen LogP contribution in [0.25, 0.3) is 5.65 Å². The molecule has 1 saturated heterocycles. The highest BCUT2D eigenvalue weighted by molar-refractivity contribution is 6.42. The number of piperazine rings is 1. The minimum atomic E-state index is 0.0890. The second kappa shape index (κ2) is 7.32. The van der Waals surface area contributed by atoms with Crippen molar-refractivity contribution < 1.29 is 4.79 Å². The first-order chi connectivity index (χ1) is 13.0. The van der Waals surface area contributed by atoms with Crippen LogP contribution in [0.4, 0.5) is 5.82 Å². The van der Waals surface area contributed by atoms with Crippen LogP contribution in [-0.2, 0) is 11.2 Å². The van der Waals surface area contributed by atoms with Crippen molar-refractivity contribution in [2.24, 2.45) is 0 Å². The van der Waals surface area contributed by atoms with E-state index in [2.05, 4.69) is 20.2 Å². The van der Waals surface area contributed by atoms with E-state index in [1.807, 2.05) is 30.0 Å². The topological polar surface area (TPSA) is 66.6 Å². The Kier molecular flexibility index (Phi) is 4.88. The predicted octanol–water partition coefficient (Wildman–Crippen LogP) is 2.63. The lowest BCUT2D eigenvalue weighted by Gasteiger charge is -2.35. The minimum Gasteiger partial charge on any atom is -0.352 e. The van der Waals surface area contributed by atoms with Gasteiger partial charge in [0.15, 0.2) is 11.5 Å². The van der Waals surface area contributed by atoms with Crippen molar-refractivity contribution in [2.75, 3.05) is 31.1 Å². The van der Waals surface area contributed by atoms with Gasteiger partial charge in [-0.25, -0.2) is 0 Å². The summed E-state index contributed by atoms with van der Waals surface area (Å²) in [5.74, 6) is 1.70. The van der Waals surface area contributed by atoms with Gasteiger partial charge in [0.05, 0.1) is 16.5 Å². The molecule has 0 spiro atoms. The molecule has 7 nitrogen and oxygen atoms in total. The average Bonchev–Trinajstić information content (AvgIpc) is 3.05. The van der Waals surface area contributed by atoms with E-state index < -0.39 is 0 Å². The molecule has 0 aliphatic carbocycles. The van der Waals surface area contributed by atoms with Gasteiger partial charge in [-0.1, -0.05) is 29.3 Å². The third-order valence-electron chi connectivity index (χ3n) is 4.70. The fraction of sp³-hybridized carbons (Fsp3) is 0.333. The number of fused-ring (bicyclic) bond motifs is 1. The molecular weight excluding hydrogens is 387 g/mol. The van der Waals surface area contributed by atoms with Gasteiger partial charge in [-0.15, -0.1) is 15.3 Å². The maximum absolute atomic E-state index is 12.6. The summed E-state index contributed by atoms with van der Waals surface area (Å²) in [5, 5.41) is 13.6. The van der Waals surface area contributed by atoms with Gasteiger partial charge in [-0.3, -0.25) is 4.79 Å². The summed E-state index contributed by atoms with van der Waals surface area (Å²) >= 11 is 12.0. The van der Waals surface area contributed by atoms with Crippen LogP contribution >= 0.6 is 23.2 Å². The molecule has 0 atom stereocenters. The molecule has 140 valence electrons. The number of rotatable bonds is 3. The van der Waals surface area contributed by atoms with E-state index in [4.69, 9.17) is 23.2 Å². The highest BCUT2D eigenvalue weighted by Gasteiger charge is 2.22. The number of anilines is 1. The van der Waals surface area contributed by atoms with Crippen LogP contribution in [0.5, 0.6) is 0 Å². The lowest BCUT2D eigenvalue weighted by atomic mass is 10.1. The number of hydrogen-bond donors (Lipinski definition) is 0. The third kappa shape index (κ3) is 3.70. The Bertz CT molecular complexity index is 997. The molecule has 0 saturated carbocycles. The van der Waals surface area contributed by atoms with Gasteiger partial charge in [0.1, 0.15) is 5.82 Å². The van der Waals surface area contributed by atoms with Gasteiger partial charge in [0.25, 0.3) is 0 Å². The maximum Gasteiger partial charge on any atom is 0.227 e. The van der Waals surface area contributed by atoms with Crippen LogP contribution in [-0.4, -0.2) is 56.8 Å². The zero-order valence-electron chi connectivity index (χ0n) is 14.8. The minimum absolute atomic E-state index is 0.0890. The first-order valence-electron chi connectivity index (χ1n) is 8.67. The van der Waals surface area contributed by atoms with Gasteiger partial charge < -0.3 is 9.80 Å². The molecule has 0 bridgehead atoms. The van der Waals surface area contributed by atoms with Crippen molar-refractivity contribution in [2.45, 2.75) is 13.3 Å². The Balaban J connectivity index is 1.39. The molecule has 1 amide bonds. The van der Waals surface area contributed by atoms with E-state index in [1.165, 1.54) is 0 Å². The van der Waals surface area contributed by atoms with Gasteiger partial charge in [-0.2, -0.15) is 4.52 Å². The Hall–Kier alpha value is -2.38. The van der Waals surface area contributed by atoms with Crippen molar-refractivity contribution >= 4 is 40.6 Å². The fourth-order valence-corrected chi connectivity index (χ4v) is 3.50. The summed E-state index contributed by atoms with van der Waals surface area (Å²) in [7, 11) is 0. The number of nitrogens with zero attached hydrogens (tertiary/aromatic N) is 6. The highest BCUT2D eigenvalue weighted by atomic mass is 35.5. The van der Waals surface area contributed by atoms with E-state index in [9.17, 15) is 4.79 Å². The van der Waals surface area contributed by atoms with E-state index in [0.29, 0.717) is 29.6 Å². The largest absolute Gasteiger partial charge is 0.352 e. The molecular formula is C18H18Cl2N6O. The van der Waals surface area contributed by atoms with E-state index in [1.54, 1.807) is 16.6 Å². The van der Waals surface area contributed by atoms with E-state index >= 15 is 0 Å². The summed E-state index contributed by atoms with van der Waals surface area (Å²) < 4.78 is 1.73. The van der Waals surface area contributed by atoms with Gasteiger partial charge >= 0.3 is 0 Å². The first-order valence-corrected chi connectivity index (χ1v) is 9.42. The summed E-state index contributed by atoms with van der Waals surface area (Å²) in [6.45, 7) is 4.64. The monoisotopic (exact) mass is 404 g/mol. The summed E-state index contributed by atoms with van der Waals surface area (Å²) in [6, 6.07) is 9.15. The molecule has 0 N–H and O–H groups in total. The highest BCUT2D eigenvalue weighted by Crippen LogP contribution is 2.23. The Labute approximate surface area is 166 Å². The van der Waals surface area contributed by atoms with Crippen LogP contribution < -0.4 is 4.90 Å². The second-order valence-corrected chi connectivity index (χ2v) is 7.32. The molecule has 3 heterocycles. The van der Waals surface area contributed by atoms with Crippen molar-refractivity contribution in [1.29, 1.82) is 0 Å². The third-order valence-corrected chi connectivity index (χ3v) is 5.44. The van der Waals surface area contributed by atoms with Crippen molar-refractivity contribution in [3.63, 3.8) is 0 Å². The molecule has 1 aliphatic heterocycles. The zero-order chi connectivity index (χ0) is 19.0. The Morgan fingerprint density at radius 1 is 1.04 bits per heavy atom. The van der Waals surface area contributed by atoms with Crippen LogP contribution in [0.3, 0.4) is 0 Å². The van der Waals surface area contributed by atoms with Crippen molar-refractivity contribution in [1.82, 2.24) is 24.7 Å². The number of halogens is 2. The molecule has 27 heavy (non-hydrogen) atoms. The van der Waals surface area contributed by atoms with Crippen molar-refractivity contribution in [3.8, 4) is 0 Å². The number of aromatic nitrogens is 4. The van der Waals surface area contributed by atoms with Crippen LogP contribution in [0.1, 0.15) is 11.4 Å². The molecule has 1 aromatic carbocycles. The zero-order valence-corrected chi connectivity index (χ0v) is 16.3. The smallest absolute Gasteiger partial charge is 0.227 e. The van der Waals surface area contributed by atoms with Gasteiger partial charge in [-0.05, 0) is 36.8 Å². The number of benzene rings is 1.